The molecular formula is C30H44BFN3O4. The highest BCUT2D eigenvalue weighted by Gasteiger charge is 2.34. The number of hydrazone groups is 1. The van der Waals surface area contributed by atoms with E-state index in [2.05, 4.69) is 5.10 Å². The van der Waals surface area contributed by atoms with Gasteiger partial charge in [0.05, 0.1) is 17.5 Å². The minimum absolute atomic E-state index is 0.111. The fraction of sp³-hybridized carbons (Fsp3) is 0.500. The number of hydrogen-bond donors (Lipinski definition) is 1. The molecule has 0 aliphatic heterocycles. The van der Waals surface area contributed by atoms with E-state index in [4.69, 9.17) is 15.1 Å². The fourth-order valence-corrected chi connectivity index (χ4v) is 3.15. The first-order chi connectivity index (χ1) is 18.0. The zero-order valence-electron chi connectivity index (χ0n) is 25.3. The smallest absolute Gasteiger partial charge is 0.331 e. The summed E-state index contributed by atoms with van der Waals surface area (Å²) in [5, 5.41) is 5.46. The third-order valence-corrected chi connectivity index (χ3v) is 6.56. The number of carbonyl (C=O) groups is 2. The maximum absolute atomic E-state index is 14.6. The molecule has 0 bridgehead atoms. The van der Waals surface area contributed by atoms with Crippen LogP contribution in [0, 0.1) is 12.7 Å². The van der Waals surface area contributed by atoms with Gasteiger partial charge >= 0.3 is 13.5 Å². The zero-order valence-corrected chi connectivity index (χ0v) is 25.3. The van der Waals surface area contributed by atoms with Gasteiger partial charge < -0.3 is 15.1 Å². The summed E-state index contributed by atoms with van der Waals surface area (Å²) in [5.74, 6) is -0.822. The van der Waals surface area contributed by atoms with Crippen LogP contribution in [0.25, 0.3) is 0 Å². The van der Waals surface area contributed by atoms with Crippen LogP contribution < -0.4 is 16.2 Å². The van der Waals surface area contributed by atoms with Gasteiger partial charge in [-0.25, -0.2) is 9.40 Å². The van der Waals surface area contributed by atoms with Gasteiger partial charge in [-0.2, -0.15) is 5.10 Å². The molecule has 0 aromatic heterocycles. The van der Waals surface area contributed by atoms with Crippen LogP contribution in [-0.4, -0.2) is 37.2 Å². The Labute approximate surface area is 234 Å². The Kier molecular flexibility index (Phi) is 12.1. The van der Waals surface area contributed by atoms with Gasteiger partial charge in [0.1, 0.15) is 12.4 Å². The van der Waals surface area contributed by atoms with Crippen molar-refractivity contribution in [3.8, 4) is 0 Å². The van der Waals surface area contributed by atoms with Crippen LogP contribution in [0.15, 0.2) is 35.4 Å². The van der Waals surface area contributed by atoms with Crippen LogP contribution in [0.3, 0.4) is 0 Å². The van der Waals surface area contributed by atoms with Crippen molar-refractivity contribution in [1.82, 2.24) is 0 Å². The third-order valence-electron chi connectivity index (χ3n) is 6.56. The minimum atomic E-state index is -0.718. The summed E-state index contributed by atoms with van der Waals surface area (Å²) in [5.41, 5.74) is 7.90. The molecular weight excluding hydrogens is 496 g/mol. The lowest BCUT2D eigenvalue weighted by Crippen LogP contribution is -2.55. The van der Waals surface area contributed by atoms with Crippen molar-refractivity contribution < 1.29 is 23.4 Å². The van der Waals surface area contributed by atoms with Gasteiger partial charge in [-0.3, -0.25) is 9.59 Å². The molecule has 0 saturated carbocycles. The number of nitrogens with zero attached hydrogens (tertiary/aromatic N) is 2. The van der Waals surface area contributed by atoms with Crippen molar-refractivity contribution in [2.45, 2.75) is 99.3 Å². The van der Waals surface area contributed by atoms with Crippen molar-refractivity contribution in [3.63, 3.8) is 0 Å². The fourth-order valence-electron chi connectivity index (χ4n) is 3.15. The van der Waals surface area contributed by atoms with Crippen LogP contribution in [0.1, 0.15) is 91.5 Å². The first-order valence-corrected chi connectivity index (χ1v) is 13.1. The lowest BCUT2D eigenvalue weighted by Gasteiger charge is -2.39. The molecule has 213 valence electrons. The Morgan fingerprint density at radius 2 is 1.74 bits per heavy atom. The molecule has 0 heterocycles. The van der Waals surface area contributed by atoms with E-state index in [1.54, 1.807) is 25.1 Å². The molecule has 2 aromatic rings. The van der Waals surface area contributed by atoms with Crippen molar-refractivity contribution in [3.05, 3.63) is 58.4 Å². The molecule has 0 spiro atoms. The van der Waals surface area contributed by atoms with Gasteiger partial charge in [0, 0.05) is 23.6 Å². The largest absolute Gasteiger partial charge is 0.461 e. The number of anilines is 1. The molecule has 0 aliphatic rings. The quantitative estimate of drug-likeness (QED) is 0.145. The first-order valence-electron chi connectivity index (χ1n) is 13.1. The standard InChI is InChI=1S/C28H38BFN3O4.C2H6/c1-18-20(13-21(14-24(18)30)26(3,4)5)15-32-33(17-34)25-12-10-11-23(22(25)16-36-19(2)35)29-37-28(8,9)27(6,7)31;1-2/h10-15,17H,16,31H2,1-9H3;1-2H3/b32-15-;. The molecule has 1 amide bonds. The average Bonchev–Trinajstić information content (AvgIpc) is 2.84. The molecule has 0 aliphatic carbocycles. The SMILES string of the molecule is CC.CC(=O)OCc1c([B]OC(C)(C)C(C)(C)N)cccc1N(C=O)/N=C\c1cc(C(C)(C)C)cc(F)c1C. The van der Waals surface area contributed by atoms with Crippen LogP contribution in [0.4, 0.5) is 10.1 Å². The number of nitrogens with two attached hydrogens (primary N) is 1. The lowest BCUT2D eigenvalue weighted by atomic mass is 9.79. The molecule has 2 aromatic carbocycles. The second-order valence-electron chi connectivity index (χ2n) is 11.2. The molecule has 9 heteroatoms. The second-order valence-corrected chi connectivity index (χ2v) is 11.2. The summed E-state index contributed by atoms with van der Waals surface area (Å²) < 4.78 is 25.9. The predicted molar refractivity (Wildman–Crippen MR) is 158 cm³/mol. The molecule has 0 atom stereocenters. The van der Waals surface area contributed by atoms with E-state index in [-0.39, 0.29) is 17.8 Å². The van der Waals surface area contributed by atoms with Crippen LogP contribution in [-0.2, 0) is 31.0 Å². The van der Waals surface area contributed by atoms with Gasteiger partial charge in [-0.05, 0) is 74.8 Å². The monoisotopic (exact) mass is 540 g/mol. The molecule has 1 radical (unpaired) electrons. The van der Waals surface area contributed by atoms with E-state index in [9.17, 15) is 14.0 Å². The van der Waals surface area contributed by atoms with Gasteiger partial charge in [0.2, 0.25) is 6.41 Å². The van der Waals surface area contributed by atoms with E-state index < -0.39 is 17.1 Å². The summed E-state index contributed by atoms with van der Waals surface area (Å²) in [6.07, 6.45) is 1.99. The zero-order chi connectivity index (χ0) is 30.2. The Morgan fingerprint density at radius 3 is 2.26 bits per heavy atom. The van der Waals surface area contributed by atoms with Crippen molar-refractivity contribution in [1.29, 1.82) is 0 Å². The predicted octanol–water partition coefficient (Wildman–Crippen LogP) is 5.29. The third kappa shape index (κ3) is 9.29. The van der Waals surface area contributed by atoms with E-state index in [0.717, 1.165) is 10.6 Å². The summed E-state index contributed by atoms with van der Waals surface area (Å²) in [6.45, 7) is 20.3. The minimum Gasteiger partial charge on any atom is -0.461 e. The van der Waals surface area contributed by atoms with Crippen molar-refractivity contribution >= 4 is 37.2 Å². The molecule has 2 rings (SSSR count). The summed E-state index contributed by atoms with van der Waals surface area (Å²) in [4.78, 5) is 23.7. The highest BCUT2D eigenvalue weighted by molar-refractivity contribution is 6.48. The number of esters is 1. The molecule has 0 saturated heterocycles. The number of carbonyl (C=O) groups excluding carboxylic acids is 2. The topological polar surface area (TPSA) is 94.2 Å². The lowest BCUT2D eigenvalue weighted by molar-refractivity contribution is -0.142. The average molecular weight is 541 g/mol. The number of hydrogen-bond acceptors (Lipinski definition) is 6. The first kappa shape index (κ1) is 34.0. The van der Waals surface area contributed by atoms with E-state index in [1.165, 1.54) is 26.7 Å². The molecule has 0 fully saturated rings. The maximum atomic E-state index is 14.6. The summed E-state index contributed by atoms with van der Waals surface area (Å²) in [7, 11) is 1.54. The van der Waals surface area contributed by atoms with Gasteiger partial charge in [0.15, 0.2) is 0 Å². The Morgan fingerprint density at radius 1 is 1.13 bits per heavy atom. The van der Waals surface area contributed by atoms with Crippen molar-refractivity contribution in [2.75, 3.05) is 5.01 Å². The normalized spacial score (nSPS) is 12.0. The highest BCUT2D eigenvalue weighted by Crippen LogP contribution is 2.27. The second kappa shape index (κ2) is 13.9. The maximum Gasteiger partial charge on any atom is 0.331 e. The van der Waals surface area contributed by atoms with Crippen molar-refractivity contribution in [2.24, 2.45) is 10.8 Å². The number of rotatable bonds is 10. The Balaban J connectivity index is 0.00000371. The van der Waals surface area contributed by atoms with Crippen LogP contribution >= 0.6 is 0 Å². The number of benzene rings is 2. The molecule has 39 heavy (non-hydrogen) atoms. The molecule has 2 N–H and O–H groups in total. The van der Waals surface area contributed by atoms with Crippen LogP contribution in [0.5, 0.6) is 0 Å². The highest BCUT2D eigenvalue weighted by atomic mass is 19.1. The van der Waals surface area contributed by atoms with E-state index in [1.807, 2.05) is 68.4 Å². The van der Waals surface area contributed by atoms with Gasteiger partial charge in [0.25, 0.3) is 0 Å². The summed E-state index contributed by atoms with van der Waals surface area (Å²) in [6, 6.07) is 8.57. The Hall–Kier alpha value is -3.04. The summed E-state index contributed by atoms with van der Waals surface area (Å²) >= 11 is 0. The van der Waals surface area contributed by atoms with E-state index in [0.29, 0.717) is 34.3 Å². The molecule has 0 unspecified atom stereocenters. The van der Waals surface area contributed by atoms with Crippen LogP contribution in [0.2, 0.25) is 0 Å². The number of halogens is 1. The van der Waals surface area contributed by atoms with Gasteiger partial charge in [-0.15, -0.1) is 0 Å². The molecule has 7 nitrogen and oxygen atoms in total. The van der Waals surface area contributed by atoms with E-state index >= 15 is 0 Å². The van der Waals surface area contributed by atoms with Gasteiger partial charge in [-0.1, -0.05) is 46.8 Å². The number of amides is 1. The number of ether oxygens (including phenoxy) is 1. The Bertz CT molecular complexity index is 1170.